The van der Waals surface area contributed by atoms with E-state index in [1.807, 2.05) is 0 Å². The summed E-state index contributed by atoms with van der Waals surface area (Å²) in [6.07, 6.45) is 1.62. The molecule has 2 aromatic carbocycles. The molecule has 2 aromatic rings. The summed E-state index contributed by atoms with van der Waals surface area (Å²) in [7, 11) is 0. The molecule has 0 spiro atoms. The lowest BCUT2D eigenvalue weighted by atomic mass is 10.2. The molecular formula is C17H12Cl2N2O4. The highest BCUT2D eigenvalue weighted by Gasteiger charge is 2.09. The van der Waals surface area contributed by atoms with Gasteiger partial charge in [0.2, 0.25) is 5.91 Å². The maximum absolute atomic E-state index is 12.2. The van der Waals surface area contributed by atoms with Crippen molar-refractivity contribution in [1.82, 2.24) is 0 Å². The van der Waals surface area contributed by atoms with Crippen molar-refractivity contribution in [1.29, 1.82) is 0 Å². The Balaban J connectivity index is 2.02. The number of amides is 2. The summed E-state index contributed by atoms with van der Waals surface area (Å²) in [6.45, 7) is 0. The fourth-order valence-electron chi connectivity index (χ4n) is 1.82. The van der Waals surface area contributed by atoms with Gasteiger partial charge in [0.15, 0.2) is 0 Å². The second kappa shape index (κ2) is 8.32. The number of hydrogen-bond acceptors (Lipinski definition) is 3. The van der Waals surface area contributed by atoms with E-state index >= 15 is 0 Å². The van der Waals surface area contributed by atoms with Gasteiger partial charge in [-0.3, -0.25) is 9.59 Å². The maximum Gasteiger partial charge on any atom is 0.328 e. The van der Waals surface area contributed by atoms with Gasteiger partial charge < -0.3 is 15.7 Å². The normalized spacial score (nSPS) is 10.5. The Morgan fingerprint density at radius 2 is 1.60 bits per heavy atom. The summed E-state index contributed by atoms with van der Waals surface area (Å²) in [5.74, 6) is -2.19. The Labute approximate surface area is 153 Å². The van der Waals surface area contributed by atoms with E-state index in [0.717, 1.165) is 12.2 Å². The second-order valence-corrected chi connectivity index (χ2v) is 5.66. The highest BCUT2D eigenvalue weighted by atomic mass is 35.5. The highest BCUT2D eigenvalue weighted by molar-refractivity contribution is 6.36. The van der Waals surface area contributed by atoms with Gasteiger partial charge in [0, 0.05) is 28.4 Å². The van der Waals surface area contributed by atoms with E-state index in [4.69, 9.17) is 28.3 Å². The second-order valence-electron chi connectivity index (χ2n) is 4.82. The number of anilines is 2. The zero-order valence-electron chi connectivity index (χ0n) is 12.6. The molecule has 0 radical (unpaired) electrons. The average Bonchev–Trinajstić information content (AvgIpc) is 2.56. The Hall–Kier alpha value is -2.83. The minimum atomic E-state index is -1.22. The molecule has 3 N–H and O–H groups in total. The van der Waals surface area contributed by atoms with Crippen LogP contribution in [0.3, 0.4) is 0 Å². The third kappa shape index (κ3) is 5.63. The van der Waals surface area contributed by atoms with Crippen molar-refractivity contribution in [3.05, 3.63) is 70.2 Å². The van der Waals surface area contributed by atoms with Gasteiger partial charge in [0.25, 0.3) is 5.91 Å². The molecule has 0 fully saturated rings. The summed E-state index contributed by atoms with van der Waals surface area (Å²) >= 11 is 11.8. The van der Waals surface area contributed by atoms with Crippen molar-refractivity contribution in [3.8, 4) is 0 Å². The molecule has 8 heteroatoms. The zero-order chi connectivity index (χ0) is 18.4. The van der Waals surface area contributed by atoms with E-state index in [9.17, 15) is 14.4 Å². The summed E-state index contributed by atoms with van der Waals surface area (Å²) in [4.78, 5) is 34.0. The first-order valence-electron chi connectivity index (χ1n) is 6.93. The van der Waals surface area contributed by atoms with Gasteiger partial charge in [-0.25, -0.2) is 4.79 Å². The maximum atomic E-state index is 12.2. The Bertz CT molecular complexity index is 848. The molecule has 0 heterocycles. The van der Waals surface area contributed by atoms with Crippen LogP contribution in [0.4, 0.5) is 11.4 Å². The number of carbonyl (C=O) groups is 3. The van der Waals surface area contributed by atoms with Gasteiger partial charge in [-0.15, -0.1) is 0 Å². The van der Waals surface area contributed by atoms with Crippen molar-refractivity contribution >= 4 is 52.4 Å². The summed E-state index contributed by atoms with van der Waals surface area (Å²) in [5.41, 5.74) is 1.19. The first kappa shape index (κ1) is 18.5. The molecule has 0 saturated carbocycles. The van der Waals surface area contributed by atoms with E-state index in [1.165, 1.54) is 30.3 Å². The monoisotopic (exact) mass is 378 g/mol. The van der Waals surface area contributed by atoms with Gasteiger partial charge in [0.05, 0.1) is 10.7 Å². The lowest BCUT2D eigenvalue weighted by Crippen LogP contribution is -2.13. The van der Waals surface area contributed by atoms with Gasteiger partial charge in [-0.05, 0) is 42.5 Å². The van der Waals surface area contributed by atoms with Crippen LogP contribution in [0.2, 0.25) is 10.0 Å². The zero-order valence-corrected chi connectivity index (χ0v) is 14.1. The Kier molecular flexibility index (Phi) is 6.16. The number of rotatable bonds is 5. The van der Waals surface area contributed by atoms with Crippen LogP contribution in [0.15, 0.2) is 54.6 Å². The number of aliphatic carboxylic acids is 1. The van der Waals surface area contributed by atoms with Gasteiger partial charge in [-0.1, -0.05) is 23.2 Å². The van der Waals surface area contributed by atoms with Crippen molar-refractivity contribution in [2.45, 2.75) is 0 Å². The van der Waals surface area contributed by atoms with E-state index in [2.05, 4.69) is 10.6 Å². The molecule has 0 unspecified atom stereocenters. The minimum absolute atomic E-state index is 0.315. The van der Waals surface area contributed by atoms with Crippen molar-refractivity contribution < 1.29 is 19.5 Å². The molecule has 0 aromatic heterocycles. The van der Waals surface area contributed by atoms with Gasteiger partial charge in [0.1, 0.15) is 0 Å². The van der Waals surface area contributed by atoms with Gasteiger partial charge >= 0.3 is 5.97 Å². The molecular weight excluding hydrogens is 367 g/mol. The topological polar surface area (TPSA) is 95.5 Å². The third-order valence-electron chi connectivity index (χ3n) is 2.97. The van der Waals surface area contributed by atoms with Crippen LogP contribution in [-0.4, -0.2) is 22.9 Å². The first-order valence-corrected chi connectivity index (χ1v) is 7.69. The first-order chi connectivity index (χ1) is 11.8. The minimum Gasteiger partial charge on any atom is -0.478 e. The summed E-state index contributed by atoms with van der Waals surface area (Å²) in [5, 5.41) is 14.4. The highest BCUT2D eigenvalue weighted by Crippen LogP contribution is 2.25. The number of benzene rings is 2. The largest absolute Gasteiger partial charge is 0.478 e. The smallest absolute Gasteiger partial charge is 0.328 e. The fraction of sp³-hybridized carbons (Fsp3) is 0. The number of halogens is 2. The molecule has 0 aliphatic rings. The van der Waals surface area contributed by atoms with E-state index in [-0.39, 0.29) is 5.91 Å². The number of carboxylic acids is 1. The van der Waals surface area contributed by atoms with E-state index < -0.39 is 11.9 Å². The molecule has 0 aliphatic carbocycles. The SMILES string of the molecule is O=C(O)/C=C\C(=O)Nc1ccc(C(=O)Nc2ccc(Cl)cc2Cl)cc1. The third-order valence-corrected chi connectivity index (χ3v) is 3.52. The Morgan fingerprint density at radius 3 is 2.20 bits per heavy atom. The molecule has 2 rings (SSSR count). The molecule has 0 bridgehead atoms. The van der Waals surface area contributed by atoms with E-state index in [1.54, 1.807) is 12.1 Å². The van der Waals surface area contributed by atoms with Crippen LogP contribution >= 0.6 is 23.2 Å². The summed E-state index contributed by atoms with van der Waals surface area (Å²) < 4.78 is 0. The van der Waals surface area contributed by atoms with Crippen LogP contribution in [0.25, 0.3) is 0 Å². The van der Waals surface area contributed by atoms with Crippen molar-refractivity contribution in [3.63, 3.8) is 0 Å². The summed E-state index contributed by atoms with van der Waals surface area (Å²) in [6, 6.07) is 10.8. The quantitative estimate of drug-likeness (QED) is 0.688. The van der Waals surface area contributed by atoms with Crippen LogP contribution in [0.1, 0.15) is 10.4 Å². The molecule has 0 aliphatic heterocycles. The van der Waals surface area contributed by atoms with Crippen LogP contribution in [0, 0.1) is 0 Å². The number of carboxylic acid groups (broad SMARTS) is 1. The van der Waals surface area contributed by atoms with E-state index in [0.29, 0.717) is 27.0 Å². The molecule has 6 nitrogen and oxygen atoms in total. The van der Waals surface area contributed by atoms with Crippen molar-refractivity contribution in [2.24, 2.45) is 0 Å². The van der Waals surface area contributed by atoms with Gasteiger partial charge in [-0.2, -0.15) is 0 Å². The number of carbonyl (C=O) groups excluding carboxylic acids is 2. The lowest BCUT2D eigenvalue weighted by molar-refractivity contribution is -0.131. The lowest BCUT2D eigenvalue weighted by Gasteiger charge is -2.08. The predicted octanol–water partition coefficient (Wildman–Crippen LogP) is 3.83. The molecule has 25 heavy (non-hydrogen) atoms. The predicted molar refractivity (Wildman–Crippen MR) is 96.3 cm³/mol. The standard InChI is InChI=1S/C17H12Cl2N2O4/c18-11-3-6-14(13(19)9-11)21-17(25)10-1-4-12(5-2-10)20-15(22)7-8-16(23)24/h1-9H,(H,20,22)(H,21,25)(H,23,24)/b8-7-. The van der Waals surface area contributed by atoms with Crippen LogP contribution < -0.4 is 10.6 Å². The Morgan fingerprint density at radius 1 is 0.920 bits per heavy atom. The number of nitrogens with one attached hydrogen (secondary N) is 2. The molecule has 2 amide bonds. The van der Waals surface area contributed by atoms with Crippen molar-refractivity contribution in [2.75, 3.05) is 10.6 Å². The van der Waals surface area contributed by atoms with Crippen LogP contribution in [-0.2, 0) is 9.59 Å². The number of hydrogen-bond donors (Lipinski definition) is 3. The van der Waals surface area contributed by atoms with Crippen LogP contribution in [0.5, 0.6) is 0 Å². The average molecular weight is 379 g/mol. The molecule has 0 atom stereocenters. The molecule has 0 saturated heterocycles. The fourth-order valence-corrected chi connectivity index (χ4v) is 2.28. The molecule has 128 valence electrons.